The fourth-order valence-electron chi connectivity index (χ4n) is 2.74. The van der Waals surface area contributed by atoms with Crippen molar-refractivity contribution in [3.63, 3.8) is 0 Å². The van der Waals surface area contributed by atoms with E-state index in [0.717, 1.165) is 31.5 Å². The van der Waals surface area contributed by atoms with Gasteiger partial charge in [0.25, 0.3) is 0 Å². The Hall–Kier alpha value is -1.35. The Bertz CT molecular complexity index is 456. The molecule has 1 heterocycles. The van der Waals surface area contributed by atoms with Gasteiger partial charge in [0, 0.05) is 19.7 Å². The zero-order valence-corrected chi connectivity index (χ0v) is 11.9. The third-order valence-electron chi connectivity index (χ3n) is 4.02. The fraction of sp³-hybridized carbons (Fsp3) is 0.562. The first kappa shape index (κ1) is 14.1. The van der Waals surface area contributed by atoms with E-state index >= 15 is 0 Å². The molecule has 0 aliphatic carbocycles. The van der Waals surface area contributed by atoms with Crippen molar-refractivity contribution in [1.29, 1.82) is 0 Å². The highest BCUT2D eigenvalue weighted by atomic mass is 16.3. The third kappa shape index (κ3) is 3.57. The topological polar surface area (TPSA) is 40.5 Å². The summed E-state index contributed by atoms with van der Waals surface area (Å²) in [5.74, 6) is 0.696. The summed E-state index contributed by atoms with van der Waals surface area (Å²) in [4.78, 5) is 14.2. The molecule has 0 aromatic heterocycles. The highest BCUT2D eigenvalue weighted by Gasteiger charge is 2.25. The zero-order valence-electron chi connectivity index (χ0n) is 11.9. The van der Waals surface area contributed by atoms with Crippen molar-refractivity contribution in [2.24, 2.45) is 5.92 Å². The molecule has 0 bridgehead atoms. The largest absolute Gasteiger partial charge is 0.396 e. The number of rotatable bonds is 4. The van der Waals surface area contributed by atoms with E-state index in [0.29, 0.717) is 12.3 Å². The summed E-state index contributed by atoms with van der Waals surface area (Å²) in [6.07, 6.45) is 2.34. The summed E-state index contributed by atoms with van der Waals surface area (Å²) in [5, 5.41) is 8.95. The quantitative estimate of drug-likeness (QED) is 0.901. The van der Waals surface area contributed by atoms with Crippen LogP contribution in [-0.4, -0.2) is 35.6 Å². The van der Waals surface area contributed by atoms with Crippen LogP contribution in [0.15, 0.2) is 18.2 Å². The van der Waals surface area contributed by atoms with Gasteiger partial charge in [-0.2, -0.15) is 0 Å². The maximum Gasteiger partial charge on any atom is 0.227 e. The number of benzene rings is 1. The second-order valence-electron chi connectivity index (χ2n) is 5.61. The predicted octanol–water partition coefficient (Wildman–Crippen LogP) is 2.08. The van der Waals surface area contributed by atoms with Crippen molar-refractivity contribution in [2.75, 3.05) is 19.7 Å². The van der Waals surface area contributed by atoms with Crippen LogP contribution < -0.4 is 0 Å². The first-order valence-corrected chi connectivity index (χ1v) is 7.05. The SMILES string of the molecule is Cc1ccc(C)c(CC(=O)N2CCC(CCO)C2)c1. The number of carbonyl (C=O) groups is 1. The monoisotopic (exact) mass is 261 g/mol. The Balaban J connectivity index is 1.96. The van der Waals surface area contributed by atoms with Gasteiger partial charge in [0.15, 0.2) is 0 Å². The van der Waals surface area contributed by atoms with E-state index in [9.17, 15) is 4.79 Å². The number of aryl methyl sites for hydroxylation is 2. The minimum atomic E-state index is 0.217. The van der Waals surface area contributed by atoms with Gasteiger partial charge in [0.2, 0.25) is 5.91 Å². The summed E-state index contributed by atoms with van der Waals surface area (Å²) >= 11 is 0. The lowest BCUT2D eigenvalue weighted by molar-refractivity contribution is -0.129. The molecular formula is C16H23NO2. The van der Waals surface area contributed by atoms with Crippen LogP contribution in [0.5, 0.6) is 0 Å². The van der Waals surface area contributed by atoms with Crippen molar-refractivity contribution in [3.05, 3.63) is 34.9 Å². The Morgan fingerprint density at radius 2 is 2.21 bits per heavy atom. The molecule has 1 unspecified atom stereocenters. The van der Waals surface area contributed by atoms with Gasteiger partial charge in [0.05, 0.1) is 6.42 Å². The van der Waals surface area contributed by atoms with Crippen molar-refractivity contribution in [1.82, 2.24) is 4.90 Å². The van der Waals surface area contributed by atoms with Crippen LogP contribution >= 0.6 is 0 Å². The smallest absolute Gasteiger partial charge is 0.227 e. The van der Waals surface area contributed by atoms with Crippen LogP contribution in [0.25, 0.3) is 0 Å². The van der Waals surface area contributed by atoms with Crippen LogP contribution in [0.2, 0.25) is 0 Å². The van der Waals surface area contributed by atoms with Crippen molar-refractivity contribution >= 4 is 5.91 Å². The molecular weight excluding hydrogens is 238 g/mol. The van der Waals surface area contributed by atoms with Crippen LogP contribution in [0.1, 0.15) is 29.5 Å². The Morgan fingerprint density at radius 3 is 2.95 bits per heavy atom. The molecule has 1 aliphatic heterocycles. The highest BCUT2D eigenvalue weighted by Crippen LogP contribution is 2.21. The van der Waals surface area contributed by atoms with E-state index in [1.807, 2.05) is 4.90 Å². The van der Waals surface area contributed by atoms with E-state index in [4.69, 9.17) is 5.11 Å². The maximum atomic E-state index is 12.3. The van der Waals surface area contributed by atoms with Crippen molar-refractivity contribution < 1.29 is 9.90 Å². The molecule has 1 fully saturated rings. The summed E-state index contributed by atoms with van der Waals surface area (Å²) in [6, 6.07) is 6.27. The van der Waals surface area contributed by atoms with Crippen LogP contribution in [0.4, 0.5) is 0 Å². The van der Waals surface area contributed by atoms with E-state index < -0.39 is 0 Å². The van der Waals surface area contributed by atoms with Gasteiger partial charge >= 0.3 is 0 Å². The molecule has 1 saturated heterocycles. The molecule has 0 spiro atoms. The second-order valence-corrected chi connectivity index (χ2v) is 5.61. The summed E-state index contributed by atoms with van der Waals surface area (Å²) in [7, 11) is 0. The lowest BCUT2D eigenvalue weighted by Crippen LogP contribution is -2.30. The lowest BCUT2D eigenvalue weighted by Gasteiger charge is -2.17. The third-order valence-corrected chi connectivity index (χ3v) is 4.02. The molecule has 1 atom stereocenters. The minimum Gasteiger partial charge on any atom is -0.396 e. The molecule has 3 heteroatoms. The molecule has 1 N–H and O–H groups in total. The highest BCUT2D eigenvalue weighted by molar-refractivity contribution is 5.79. The second kappa shape index (κ2) is 6.20. The van der Waals surface area contributed by atoms with E-state index in [1.54, 1.807) is 0 Å². The first-order chi connectivity index (χ1) is 9.10. The molecule has 19 heavy (non-hydrogen) atoms. The van der Waals surface area contributed by atoms with Crippen LogP contribution in [0, 0.1) is 19.8 Å². The number of hydrogen-bond acceptors (Lipinski definition) is 2. The fourth-order valence-corrected chi connectivity index (χ4v) is 2.74. The van der Waals surface area contributed by atoms with Crippen LogP contribution in [-0.2, 0) is 11.2 Å². The number of hydrogen-bond donors (Lipinski definition) is 1. The average molecular weight is 261 g/mol. The Morgan fingerprint density at radius 1 is 1.42 bits per heavy atom. The number of aliphatic hydroxyl groups is 1. The predicted molar refractivity (Wildman–Crippen MR) is 76.0 cm³/mol. The van der Waals surface area contributed by atoms with Gasteiger partial charge < -0.3 is 10.0 Å². The number of amides is 1. The van der Waals surface area contributed by atoms with E-state index in [1.165, 1.54) is 11.1 Å². The molecule has 3 nitrogen and oxygen atoms in total. The standard InChI is InChI=1S/C16H23NO2/c1-12-3-4-13(2)15(9-12)10-16(19)17-7-5-14(11-17)6-8-18/h3-4,9,14,18H,5-8,10-11H2,1-2H3. The average Bonchev–Trinajstić information content (AvgIpc) is 2.83. The van der Waals surface area contributed by atoms with E-state index in [-0.39, 0.29) is 12.5 Å². The van der Waals surface area contributed by atoms with Gasteiger partial charge in [0.1, 0.15) is 0 Å². The summed E-state index contributed by atoms with van der Waals surface area (Å²) in [6.45, 7) is 5.99. The molecule has 2 rings (SSSR count). The maximum absolute atomic E-state index is 12.3. The molecule has 1 aromatic rings. The molecule has 1 amide bonds. The van der Waals surface area contributed by atoms with Gasteiger partial charge in [-0.3, -0.25) is 4.79 Å². The number of aliphatic hydroxyl groups excluding tert-OH is 1. The molecule has 0 saturated carbocycles. The van der Waals surface area contributed by atoms with Gasteiger partial charge in [-0.1, -0.05) is 23.8 Å². The minimum absolute atomic E-state index is 0.217. The molecule has 104 valence electrons. The van der Waals surface area contributed by atoms with E-state index in [2.05, 4.69) is 32.0 Å². The Labute approximate surface area is 115 Å². The number of likely N-dealkylation sites (tertiary alicyclic amines) is 1. The normalized spacial score (nSPS) is 18.9. The van der Waals surface area contributed by atoms with Gasteiger partial charge in [-0.15, -0.1) is 0 Å². The number of carbonyl (C=O) groups excluding carboxylic acids is 1. The Kier molecular flexibility index (Phi) is 4.59. The zero-order chi connectivity index (χ0) is 13.8. The molecule has 1 aliphatic rings. The molecule has 1 aromatic carbocycles. The lowest BCUT2D eigenvalue weighted by atomic mass is 10.0. The first-order valence-electron chi connectivity index (χ1n) is 7.05. The summed E-state index contributed by atoms with van der Waals surface area (Å²) < 4.78 is 0. The van der Waals surface area contributed by atoms with Crippen LogP contribution in [0.3, 0.4) is 0 Å². The van der Waals surface area contributed by atoms with Gasteiger partial charge in [-0.25, -0.2) is 0 Å². The van der Waals surface area contributed by atoms with Crippen molar-refractivity contribution in [3.8, 4) is 0 Å². The summed E-state index contributed by atoms with van der Waals surface area (Å²) in [5.41, 5.74) is 3.52. The van der Waals surface area contributed by atoms with Gasteiger partial charge in [-0.05, 0) is 43.7 Å². The molecule has 0 radical (unpaired) electrons. The number of nitrogens with zero attached hydrogens (tertiary/aromatic N) is 1. The van der Waals surface area contributed by atoms with Crippen molar-refractivity contribution in [2.45, 2.75) is 33.1 Å².